The Balaban J connectivity index is 2.01. The fourth-order valence-corrected chi connectivity index (χ4v) is 3.82. The molecule has 0 saturated heterocycles. The number of halogens is 1. The molecule has 1 heterocycles. The third kappa shape index (κ3) is 4.46. The zero-order valence-corrected chi connectivity index (χ0v) is 13.9. The van der Waals surface area contributed by atoms with Crippen LogP contribution in [0.1, 0.15) is 15.6 Å². The number of thioether (sulfide) groups is 1. The summed E-state index contributed by atoms with van der Waals surface area (Å²) >= 11 is 9.40. The number of nitrogens with zero attached hydrogens (tertiary/aromatic N) is 1. The van der Waals surface area contributed by atoms with Gasteiger partial charge in [0.1, 0.15) is 5.01 Å². The van der Waals surface area contributed by atoms with Gasteiger partial charge in [0.15, 0.2) is 0 Å². The predicted octanol–water partition coefficient (Wildman–Crippen LogP) is 3.95. The lowest BCUT2D eigenvalue weighted by molar-refractivity contribution is 0.181. The van der Waals surface area contributed by atoms with Crippen LogP contribution >= 0.6 is 34.7 Å². The van der Waals surface area contributed by atoms with Gasteiger partial charge in [0.2, 0.25) is 0 Å². The van der Waals surface area contributed by atoms with E-state index in [0.29, 0.717) is 6.61 Å². The average molecular weight is 329 g/mol. The van der Waals surface area contributed by atoms with Crippen LogP contribution in [-0.4, -0.2) is 19.1 Å². The molecule has 1 aromatic carbocycles. The highest BCUT2D eigenvalue weighted by Gasteiger charge is 2.10. The van der Waals surface area contributed by atoms with Crippen LogP contribution in [0.15, 0.2) is 29.2 Å². The minimum Gasteiger partial charge on any atom is -0.378 e. The Hall–Kier alpha value is -0.590. The van der Waals surface area contributed by atoms with Crippen molar-refractivity contribution in [3.8, 4) is 0 Å². The summed E-state index contributed by atoms with van der Waals surface area (Å²) in [6.45, 7) is 1.40. The summed E-state index contributed by atoms with van der Waals surface area (Å²) in [5.41, 5.74) is 1.04. The number of ether oxygens (including phenoxy) is 1. The molecule has 6 heteroatoms. The fourth-order valence-electron chi connectivity index (χ4n) is 1.72. The van der Waals surface area contributed by atoms with Crippen molar-refractivity contribution >= 4 is 34.7 Å². The van der Waals surface area contributed by atoms with Gasteiger partial charge in [0.05, 0.1) is 18.1 Å². The second kappa shape index (κ2) is 8.00. The van der Waals surface area contributed by atoms with E-state index in [-0.39, 0.29) is 0 Å². The van der Waals surface area contributed by atoms with Gasteiger partial charge in [0.25, 0.3) is 0 Å². The molecule has 2 rings (SSSR count). The van der Waals surface area contributed by atoms with Crippen molar-refractivity contribution in [2.24, 2.45) is 0 Å². The molecule has 0 aliphatic rings. The molecule has 1 aromatic heterocycles. The van der Waals surface area contributed by atoms with Gasteiger partial charge in [-0.15, -0.1) is 23.1 Å². The molecule has 0 spiro atoms. The summed E-state index contributed by atoms with van der Waals surface area (Å²) in [5, 5.41) is 5.06. The third-order valence-electron chi connectivity index (χ3n) is 2.62. The molecular weight excluding hydrogens is 312 g/mol. The monoisotopic (exact) mass is 328 g/mol. The highest BCUT2D eigenvalue weighted by atomic mass is 35.5. The Morgan fingerprint density at radius 1 is 1.35 bits per heavy atom. The van der Waals surface area contributed by atoms with Crippen LogP contribution in [0.4, 0.5) is 0 Å². The van der Waals surface area contributed by atoms with Gasteiger partial charge in [0, 0.05) is 28.4 Å². The van der Waals surface area contributed by atoms with E-state index in [4.69, 9.17) is 16.3 Å². The van der Waals surface area contributed by atoms with E-state index >= 15 is 0 Å². The maximum absolute atomic E-state index is 5.88. The Kier molecular flexibility index (Phi) is 6.32. The minimum absolute atomic E-state index is 0.569. The third-order valence-corrected chi connectivity index (χ3v) is 5.17. The Labute approximate surface area is 132 Å². The molecule has 0 amide bonds. The minimum atomic E-state index is 0.569. The maximum Gasteiger partial charge on any atom is 0.104 e. The summed E-state index contributed by atoms with van der Waals surface area (Å²) in [6, 6.07) is 7.89. The van der Waals surface area contributed by atoms with Crippen LogP contribution in [-0.2, 0) is 23.6 Å². The topological polar surface area (TPSA) is 34.2 Å². The van der Waals surface area contributed by atoms with Crippen LogP contribution < -0.4 is 5.32 Å². The molecule has 0 aliphatic heterocycles. The zero-order valence-electron chi connectivity index (χ0n) is 11.5. The summed E-state index contributed by atoms with van der Waals surface area (Å²) in [6.07, 6.45) is 0. The quantitative estimate of drug-likeness (QED) is 0.780. The van der Waals surface area contributed by atoms with E-state index < -0.39 is 0 Å². The molecule has 0 bridgehead atoms. The van der Waals surface area contributed by atoms with Gasteiger partial charge in [-0.2, -0.15) is 0 Å². The number of thiazole rings is 1. The van der Waals surface area contributed by atoms with Gasteiger partial charge in [-0.1, -0.05) is 11.6 Å². The number of hydrogen-bond donors (Lipinski definition) is 1. The molecule has 0 fully saturated rings. The van der Waals surface area contributed by atoms with E-state index in [1.54, 1.807) is 30.2 Å². The molecular formula is C14H17ClN2OS2. The predicted molar refractivity (Wildman–Crippen MR) is 86.6 cm³/mol. The molecule has 3 nitrogen and oxygen atoms in total. The molecule has 0 aliphatic carbocycles. The highest BCUT2D eigenvalue weighted by molar-refractivity contribution is 7.98. The molecule has 0 unspecified atom stereocenters. The lowest BCUT2D eigenvalue weighted by Gasteiger charge is -1.99. The fraction of sp³-hybridized carbons (Fsp3) is 0.357. The number of aromatic nitrogens is 1. The first kappa shape index (κ1) is 15.8. The van der Waals surface area contributed by atoms with E-state index in [9.17, 15) is 0 Å². The first-order chi connectivity index (χ1) is 9.72. The summed E-state index contributed by atoms with van der Waals surface area (Å²) in [5.74, 6) is 0.868. The summed E-state index contributed by atoms with van der Waals surface area (Å²) in [4.78, 5) is 7.11. The standard InChI is InChI=1S/C14H17ClN2OS2/c1-16-7-13-12(8-18-2)17-14(20-13)9-19-11-5-3-10(15)4-6-11/h3-6,16H,7-9H2,1-2H3. The van der Waals surface area contributed by atoms with Crippen LogP contribution in [0, 0.1) is 0 Å². The molecule has 20 heavy (non-hydrogen) atoms. The molecule has 0 saturated carbocycles. The van der Waals surface area contributed by atoms with Crippen LogP contribution in [0.3, 0.4) is 0 Å². The van der Waals surface area contributed by atoms with Crippen molar-refractivity contribution in [1.82, 2.24) is 10.3 Å². The Bertz CT molecular complexity index is 519. The SMILES string of the molecule is CNCc1sc(CSc2ccc(Cl)cc2)nc1COC. The maximum atomic E-state index is 5.88. The Morgan fingerprint density at radius 3 is 2.75 bits per heavy atom. The van der Waals surface area contributed by atoms with Crippen molar-refractivity contribution in [2.45, 2.75) is 23.8 Å². The van der Waals surface area contributed by atoms with E-state index in [0.717, 1.165) is 28.0 Å². The summed E-state index contributed by atoms with van der Waals surface area (Å²) in [7, 11) is 3.64. The van der Waals surface area contributed by atoms with Gasteiger partial charge in [-0.25, -0.2) is 4.98 Å². The number of nitrogens with one attached hydrogen (secondary N) is 1. The highest BCUT2D eigenvalue weighted by Crippen LogP contribution is 2.28. The number of rotatable bonds is 7. The van der Waals surface area contributed by atoms with Crippen molar-refractivity contribution in [3.63, 3.8) is 0 Å². The largest absolute Gasteiger partial charge is 0.378 e. The van der Waals surface area contributed by atoms with Gasteiger partial charge < -0.3 is 10.1 Å². The molecule has 2 aromatic rings. The van der Waals surface area contributed by atoms with Crippen molar-refractivity contribution in [2.75, 3.05) is 14.2 Å². The molecule has 1 N–H and O–H groups in total. The second-order valence-corrected chi connectivity index (χ2v) is 6.84. The first-order valence-corrected chi connectivity index (χ1v) is 8.40. The lowest BCUT2D eigenvalue weighted by Crippen LogP contribution is -2.06. The average Bonchev–Trinajstić information content (AvgIpc) is 2.82. The van der Waals surface area contributed by atoms with Gasteiger partial charge in [-0.05, 0) is 31.3 Å². The molecule has 0 radical (unpaired) electrons. The lowest BCUT2D eigenvalue weighted by atomic mass is 10.4. The van der Waals surface area contributed by atoms with Crippen LogP contribution in [0.5, 0.6) is 0 Å². The van der Waals surface area contributed by atoms with E-state index in [1.807, 2.05) is 31.3 Å². The normalized spacial score (nSPS) is 10.9. The van der Waals surface area contributed by atoms with Crippen molar-refractivity contribution in [3.05, 3.63) is 44.9 Å². The smallest absolute Gasteiger partial charge is 0.104 e. The van der Waals surface area contributed by atoms with Crippen LogP contribution in [0.25, 0.3) is 0 Å². The summed E-state index contributed by atoms with van der Waals surface area (Å²) < 4.78 is 5.20. The van der Waals surface area contributed by atoms with Crippen molar-refractivity contribution in [1.29, 1.82) is 0 Å². The number of benzene rings is 1. The van der Waals surface area contributed by atoms with E-state index in [2.05, 4.69) is 10.3 Å². The molecule has 0 atom stereocenters. The van der Waals surface area contributed by atoms with Crippen LogP contribution in [0.2, 0.25) is 5.02 Å². The second-order valence-electron chi connectivity index (χ2n) is 4.18. The van der Waals surface area contributed by atoms with Gasteiger partial charge in [-0.3, -0.25) is 0 Å². The van der Waals surface area contributed by atoms with Crippen molar-refractivity contribution < 1.29 is 4.74 Å². The van der Waals surface area contributed by atoms with Gasteiger partial charge >= 0.3 is 0 Å². The molecule has 108 valence electrons. The van der Waals surface area contributed by atoms with E-state index in [1.165, 1.54) is 9.77 Å². The number of methoxy groups -OCH3 is 1. The number of hydrogen-bond acceptors (Lipinski definition) is 5. The Morgan fingerprint density at radius 2 is 2.10 bits per heavy atom. The first-order valence-electron chi connectivity index (χ1n) is 6.22. The zero-order chi connectivity index (χ0) is 14.4.